The fourth-order valence-electron chi connectivity index (χ4n) is 3.96. The van der Waals surface area contributed by atoms with Crippen molar-refractivity contribution in [1.29, 1.82) is 0 Å². The maximum Gasteiger partial charge on any atom is 0.262 e. The number of benzene rings is 2. The Morgan fingerprint density at radius 1 is 1.08 bits per heavy atom. The first-order valence-corrected chi connectivity index (χ1v) is 14.1. The number of carbonyl (C=O) groups is 1. The Hall–Kier alpha value is -2.98. The number of ether oxygens (including phenoxy) is 1. The molecule has 5 rings (SSSR count). The lowest BCUT2D eigenvalue weighted by Crippen LogP contribution is -2.19. The fourth-order valence-corrected chi connectivity index (χ4v) is 7.07. The quantitative estimate of drug-likeness (QED) is 0.326. The molecule has 0 N–H and O–H groups in total. The second-order valence-electron chi connectivity index (χ2n) is 8.15. The summed E-state index contributed by atoms with van der Waals surface area (Å²) < 4.78 is 32.2. The van der Waals surface area contributed by atoms with E-state index in [1.54, 1.807) is 36.5 Å². The summed E-state index contributed by atoms with van der Waals surface area (Å²) in [4.78, 5) is 30.0. The van der Waals surface area contributed by atoms with E-state index in [0.717, 1.165) is 22.3 Å². The fraction of sp³-hybridized carbons (Fsp3) is 0.160. The molecule has 0 unspecified atom stereocenters. The third-order valence-electron chi connectivity index (χ3n) is 5.62. The number of nitrogens with zero attached hydrogens (tertiary/aromatic N) is 2. The van der Waals surface area contributed by atoms with Crippen LogP contribution in [0.4, 0.5) is 0 Å². The lowest BCUT2D eigenvalue weighted by atomic mass is 10.1. The minimum Gasteiger partial charge on any atom is -0.476 e. The molecule has 0 fully saturated rings. The molecule has 0 bridgehead atoms. The molecule has 3 heterocycles. The van der Waals surface area contributed by atoms with E-state index < -0.39 is 21.4 Å². The van der Waals surface area contributed by atoms with E-state index in [4.69, 9.17) is 27.9 Å². The summed E-state index contributed by atoms with van der Waals surface area (Å²) in [6.45, 7) is 1.17. The van der Waals surface area contributed by atoms with Gasteiger partial charge in [-0.05, 0) is 59.5 Å². The van der Waals surface area contributed by atoms with E-state index in [2.05, 4.69) is 4.99 Å². The van der Waals surface area contributed by atoms with Crippen LogP contribution in [-0.2, 0) is 25.8 Å². The van der Waals surface area contributed by atoms with Gasteiger partial charge in [-0.1, -0.05) is 29.3 Å². The Labute approximate surface area is 220 Å². The average molecular weight is 561 g/mol. The molecular formula is C25H18Cl2N2O5S2. The Morgan fingerprint density at radius 3 is 2.61 bits per heavy atom. The van der Waals surface area contributed by atoms with Crippen LogP contribution in [0, 0.1) is 0 Å². The first kappa shape index (κ1) is 24.7. The van der Waals surface area contributed by atoms with Crippen molar-refractivity contribution in [1.82, 2.24) is 4.57 Å². The van der Waals surface area contributed by atoms with Gasteiger partial charge in [-0.2, -0.15) is 0 Å². The molecule has 0 saturated heterocycles. The van der Waals surface area contributed by atoms with Crippen molar-refractivity contribution in [2.75, 3.05) is 18.9 Å². The Morgan fingerprint density at radius 2 is 1.92 bits per heavy atom. The van der Waals surface area contributed by atoms with Crippen LogP contribution in [0.3, 0.4) is 0 Å². The summed E-state index contributed by atoms with van der Waals surface area (Å²) in [5, 5.41) is 1.52. The molecule has 4 aromatic rings. The van der Waals surface area contributed by atoms with Crippen molar-refractivity contribution in [3.8, 4) is 5.69 Å². The number of pyridine rings is 1. The van der Waals surface area contributed by atoms with Gasteiger partial charge in [0.05, 0.1) is 21.6 Å². The van der Waals surface area contributed by atoms with Crippen molar-refractivity contribution < 1.29 is 17.9 Å². The molecular weight excluding hydrogens is 543 g/mol. The van der Waals surface area contributed by atoms with Crippen molar-refractivity contribution >= 4 is 66.8 Å². The van der Waals surface area contributed by atoms with Crippen molar-refractivity contribution in [3.63, 3.8) is 0 Å². The summed E-state index contributed by atoms with van der Waals surface area (Å²) in [7, 11) is -3.76. The number of aliphatic imine (C=N–C) groups is 1. The van der Waals surface area contributed by atoms with Gasteiger partial charge in [0, 0.05) is 23.6 Å². The van der Waals surface area contributed by atoms with Crippen LogP contribution in [0.2, 0.25) is 9.36 Å². The van der Waals surface area contributed by atoms with Crippen molar-refractivity contribution in [3.05, 3.63) is 91.6 Å². The average Bonchev–Trinajstić information content (AvgIpc) is 3.52. The normalized spacial score (nSPS) is 13.6. The smallest absolute Gasteiger partial charge is 0.262 e. The van der Waals surface area contributed by atoms with Crippen molar-refractivity contribution in [2.24, 2.45) is 4.99 Å². The Kier molecular flexibility index (Phi) is 6.74. The van der Waals surface area contributed by atoms with Crippen LogP contribution in [0.25, 0.3) is 16.5 Å². The third kappa shape index (κ3) is 4.97. The van der Waals surface area contributed by atoms with Gasteiger partial charge in [-0.3, -0.25) is 14.2 Å². The van der Waals surface area contributed by atoms with Crippen LogP contribution in [0.1, 0.15) is 11.1 Å². The number of Topliss-reactive ketones (excluding diaryl/α,β-unsaturated/α-hetero) is 1. The monoisotopic (exact) mass is 560 g/mol. The number of fused-ring (bicyclic) bond motifs is 1. The summed E-state index contributed by atoms with van der Waals surface area (Å²) in [6.07, 6.45) is 1.52. The number of sulfone groups is 1. The minimum atomic E-state index is -3.76. The molecule has 0 atom stereocenters. The molecule has 11 heteroatoms. The molecule has 0 radical (unpaired) electrons. The maximum absolute atomic E-state index is 13.2. The van der Waals surface area contributed by atoms with Gasteiger partial charge >= 0.3 is 0 Å². The van der Waals surface area contributed by atoms with Crippen LogP contribution >= 0.6 is 34.5 Å². The minimum absolute atomic E-state index is 0.0563. The first-order chi connectivity index (χ1) is 17.2. The molecule has 0 spiro atoms. The number of halogens is 2. The van der Waals surface area contributed by atoms with E-state index >= 15 is 0 Å². The predicted octanol–water partition coefficient (Wildman–Crippen LogP) is 4.72. The maximum atomic E-state index is 13.2. The third-order valence-corrected chi connectivity index (χ3v) is 9.41. The second-order valence-corrected chi connectivity index (χ2v) is 12.5. The number of thiophene rings is 1. The Bertz CT molecular complexity index is 1710. The Balaban J connectivity index is 1.37. The van der Waals surface area contributed by atoms with Gasteiger partial charge in [0.1, 0.15) is 16.6 Å². The zero-order valence-electron chi connectivity index (χ0n) is 18.6. The zero-order chi connectivity index (χ0) is 25.4. The molecule has 7 nitrogen and oxygen atoms in total. The van der Waals surface area contributed by atoms with Crippen molar-refractivity contribution in [2.45, 2.75) is 10.6 Å². The highest BCUT2D eigenvalue weighted by atomic mass is 35.5. The standard InChI is InChI=1S/C25H18Cl2N2O5S2/c26-20-12-15(11-18(30)14-36(32,33)23-6-5-22(27)35-23)1-4-21(20)29-9-7-16-13-17(24-28-8-10-34-24)2-3-19(16)25(29)31/h1-7,9,12-13H,8,10-11,14H2. The van der Waals surface area contributed by atoms with Crippen LogP contribution < -0.4 is 5.56 Å². The topological polar surface area (TPSA) is 94.8 Å². The summed E-state index contributed by atoms with van der Waals surface area (Å²) in [5.41, 5.74) is 1.56. The van der Waals surface area contributed by atoms with Crippen LogP contribution in [0.5, 0.6) is 0 Å². The molecule has 1 aliphatic heterocycles. The molecule has 36 heavy (non-hydrogen) atoms. The lowest BCUT2D eigenvalue weighted by Gasteiger charge is -2.11. The number of aromatic nitrogens is 1. The molecule has 0 saturated carbocycles. The van der Waals surface area contributed by atoms with Crippen LogP contribution in [0.15, 0.2) is 74.8 Å². The number of ketones is 1. The number of rotatable bonds is 7. The number of carbonyl (C=O) groups excluding carboxylic acids is 1. The zero-order valence-corrected chi connectivity index (χ0v) is 21.8. The summed E-state index contributed by atoms with van der Waals surface area (Å²) >= 11 is 13.2. The van der Waals surface area contributed by atoms with E-state index in [9.17, 15) is 18.0 Å². The summed E-state index contributed by atoms with van der Waals surface area (Å²) in [5.74, 6) is -0.536. The van der Waals surface area contributed by atoms with E-state index in [0.29, 0.717) is 40.0 Å². The SMILES string of the molecule is O=C(Cc1ccc(-n2ccc3cc(C4=NCCO4)ccc3c2=O)c(Cl)c1)CS(=O)(=O)c1ccc(Cl)s1. The number of hydrogen-bond donors (Lipinski definition) is 0. The van der Waals surface area contributed by atoms with Gasteiger partial charge in [0.15, 0.2) is 15.6 Å². The van der Waals surface area contributed by atoms with Gasteiger partial charge < -0.3 is 4.74 Å². The van der Waals surface area contributed by atoms with Crippen LogP contribution in [-0.4, -0.2) is 43.6 Å². The molecule has 0 aliphatic carbocycles. The van der Waals surface area contributed by atoms with E-state index in [-0.39, 0.29) is 21.2 Å². The number of hydrogen-bond acceptors (Lipinski definition) is 7. The van der Waals surface area contributed by atoms with Gasteiger partial charge in [-0.25, -0.2) is 13.4 Å². The molecule has 2 aromatic heterocycles. The molecule has 1 aliphatic rings. The molecule has 2 aromatic carbocycles. The first-order valence-electron chi connectivity index (χ1n) is 10.8. The highest BCUT2D eigenvalue weighted by molar-refractivity contribution is 7.94. The van der Waals surface area contributed by atoms with Gasteiger partial charge in [0.2, 0.25) is 5.90 Å². The van der Waals surface area contributed by atoms with E-state index in [1.807, 2.05) is 12.1 Å². The lowest BCUT2D eigenvalue weighted by molar-refractivity contribution is -0.116. The highest BCUT2D eigenvalue weighted by Crippen LogP contribution is 2.27. The van der Waals surface area contributed by atoms with Gasteiger partial charge in [-0.15, -0.1) is 11.3 Å². The molecule has 184 valence electrons. The largest absolute Gasteiger partial charge is 0.476 e. The summed E-state index contributed by atoms with van der Waals surface area (Å²) in [6, 6.07) is 14.9. The molecule has 0 amide bonds. The predicted molar refractivity (Wildman–Crippen MR) is 142 cm³/mol. The second kappa shape index (κ2) is 9.82. The van der Waals surface area contributed by atoms with Gasteiger partial charge in [0.25, 0.3) is 5.56 Å². The highest BCUT2D eigenvalue weighted by Gasteiger charge is 2.22. The van der Waals surface area contributed by atoms with E-state index in [1.165, 1.54) is 16.7 Å².